The van der Waals surface area contributed by atoms with Crippen LogP contribution in [0, 0.1) is 6.92 Å². The van der Waals surface area contributed by atoms with Crippen LogP contribution < -0.4 is 21.3 Å². The second-order valence-corrected chi connectivity index (χ2v) is 5.27. The summed E-state index contributed by atoms with van der Waals surface area (Å²) in [6, 6.07) is 7.17. The number of nitrogens with one attached hydrogen (secondary N) is 2. The first-order chi connectivity index (χ1) is 10.0. The Bertz CT molecular complexity index is 676. The zero-order chi connectivity index (χ0) is 15.4. The highest BCUT2D eigenvalue weighted by Gasteiger charge is 2.15. The van der Waals surface area contributed by atoms with Crippen LogP contribution in [0.4, 0.5) is 11.5 Å². The van der Waals surface area contributed by atoms with Crippen molar-refractivity contribution in [2.24, 2.45) is 5.84 Å². The minimum Gasteiger partial charge on any atom is -0.495 e. The summed E-state index contributed by atoms with van der Waals surface area (Å²) < 4.78 is 5.92. The molecule has 1 heterocycles. The lowest BCUT2D eigenvalue weighted by atomic mass is 10.2. The van der Waals surface area contributed by atoms with Gasteiger partial charge in [-0.3, -0.25) is 4.79 Å². The highest BCUT2D eigenvalue weighted by atomic mass is 79.9. The first kappa shape index (κ1) is 15.3. The number of nitrogens with zero attached hydrogens (tertiary/aromatic N) is 1. The van der Waals surface area contributed by atoms with E-state index in [9.17, 15) is 4.79 Å². The van der Waals surface area contributed by atoms with Crippen LogP contribution in [-0.4, -0.2) is 18.0 Å². The first-order valence-electron chi connectivity index (χ1n) is 6.13. The number of anilines is 2. The van der Waals surface area contributed by atoms with Crippen molar-refractivity contribution in [1.29, 1.82) is 0 Å². The lowest BCUT2D eigenvalue weighted by Crippen LogP contribution is -2.18. The number of amides is 1. The molecule has 4 N–H and O–H groups in total. The number of ether oxygens (including phenoxy) is 1. The summed E-state index contributed by atoms with van der Waals surface area (Å²) in [6.45, 7) is 1.93. The van der Waals surface area contributed by atoms with Gasteiger partial charge in [-0.1, -0.05) is 6.07 Å². The quantitative estimate of drug-likeness (QED) is 0.582. The number of nitrogen functional groups attached to an aromatic ring is 1. The predicted octanol–water partition coefficient (Wildman–Crippen LogP) is 2.70. The minimum absolute atomic E-state index is 0.294. The number of nitrogens with two attached hydrogens (primary N) is 1. The number of hydrogen-bond donors (Lipinski definition) is 3. The number of benzene rings is 1. The minimum atomic E-state index is -0.333. The summed E-state index contributed by atoms with van der Waals surface area (Å²) in [5, 5.41) is 2.80. The van der Waals surface area contributed by atoms with E-state index < -0.39 is 0 Å². The van der Waals surface area contributed by atoms with Crippen molar-refractivity contribution < 1.29 is 9.53 Å². The van der Waals surface area contributed by atoms with Crippen molar-refractivity contribution in [3.63, 3.8) is 0 Å². The van der Waals surface area contributed by atoms with Gasteiger partial charge in [0.05, 0.1) is 18.4 Å². The van der Waals surface area contributed by atoms with Crippen LogP contribution in [0.2, 0.25) is 0 Å². The van der Waals surface area contributed by atoms with Crippen molar-refractivity contribution in [3.8, 4) is 5.75 Å². The van der Waals surface area contributed by atoms with Gasteiger partial charge in [0.1, 0.15) is 5.75 Å². The van der Waals surface area contributed by atoms with E-state index in [1.165, 1.54) is 0 Å². The Hall–Kier alpha value is -2.12. The number of aromatic nitrogens is 1. The standard InChI is InChI=1S/C14H15BrN4O2/c1-8-3-4-12(21-2)11(5-8)18-14(20)10-6-9(15)7-17-13(10)19-16/h3-7H,16H2,1-2H3,(H,17,19)(H,18,20). The predicted molar refractivity (Wildman–Crippen MR) is 85.4 cm³/mol. The van der Waals surface area contributed by atoms with E-state index in [2.05, 4.69) is 31.7 Å². The second-order valence-electron chi connectivity index (χ2n) is 4.35. The lowest BCUT2D eigenvalue weighted by Gasteiger charge is -2.12. The zero-order valence-corrected chi connectivity index (χ0v) is 13.2. The molecule has 6 nitrogen and oxygen atoms in total. The molecule has 0 aliphatic rings. The molecule has 0 aliphatic heterocycles. The van der Waals surface area contributed by atoms with Gasteiger partial charge in [0.15, 0.2) is 5.82 Å². The summed E-state index contributed by atoms with van der Waals surface area (Å²) in [5.41, 5.74) is 4.33. The molecule has 21 heavy (non-hydrogen) atoms. The third-order valence-electron chi connectivity index (χ3n) is 2.84. The van der Waals surface area contributed by atoms with Crippen LogP contribution in [0.15, 0.2) is 34.9 Å². The Morgan fingerprint density at radius 2 is 2.14 bits per heavy atom. The SMILES string of the molecule is COc1ccc(C)cc1NC(=O)c1cc(Br)cnc1NN. The topological polar surface area (TPSA) is 89.3 Å². The van der Waals surface area contributed by atoms with Crippen LogP contribution in [0.3, 0.4) is 0 Å². The van der Waals surface area contributed by atoms with E-state index in [4.69, 9.17) is 10.6 Å². The zero-order valence-electron chi connectivity index (χ0n) is 11.6. The molecule has 0 bridgehead atoms. The van der Waals surface area contributed by atoms with E-state index in [1.54, 1.807) is 25.4 Å². The van der Waals surface area contributed by atoms with Gasteiger partial charge in [0, 0.05) is 10.7 Å². The van der Waals surface area contributed by atoms with Gasteiger partial charge in [-0.15, -0.1) is 0 Å². The maximum atomic E-state index is 12.4. The maximum Gasteiger partial charge on any atom is 0.259 e. The molecule has 0 atom stereocenters. The molecule has 2 rings (SSSR count). The van der Waals surface area contributed by atoms with E-state index in [-0.39, 0.29) is 5.91 Å². The van der Waals surface area contributed by atoms with Crippen molar-refractivity contribution in [2.75, 3.05) is 17.9 Å². The van der Waals surface area contributed by atoms with Crippen molar-refractivity contribution in [1.82, 2.24) is 4.98 Å². The Morgan fingerprint density at radius 1 is 1.38 bits per heavy atom. The van der Waals surface area contributed by atoms with Gasteiger partial charge < -0.3 is 15.5 Å². The average Bonchev–Trinajstić information content (AvgIpc) is 2.47. The summed E-state index contributed by atoms with van der Waals surface area (Å²) in [5.74, 6) is 5.92. The van der Waals surface area contributed by atoms with E-state index >= 15 is 0 Å². The fraction of sp³-hybridized carbons (Fsp3) is 0.143. The molecular weight excluding hydrogens is 336 g/mol. The summed E-state index contributed by atoms with van der Waals surface area (Å²) >= 11 is 3.28. The van der Waals surface area contributed by atoms with Gasteiger partial charge >= 0.3 is 0 Å². The molecular formula is C14H15BrN4O2. The molecule has 1 aromatic carbocycles. The maximum absolute atomic E-state index is 12.4. The number of carbonyl (C=O) groups excluding carboxylic acids is 1. The van der Waals surface area contributed by atoms with Gasteiger partial charge in [0.2, 0.25) is 0 Å². The van der Waals surface area contributed by atoms with Crippen molar-refractivity contribution in [3.05, 3.63) is 46.1 Å². The Balaban J connectivity index is 2.34. The van der Waals surface area contributed by atoms with Gasteiger partial charge in [0.25, 0.3) is 5.91 Å². The van der Waals surface area contributed by atoms with Crippen LogP contribution >= 0.6 is 15.9 Å². The average molecular weight is 351 g/mol. The van der Waals surface area contributed by atoms with E-state index in [0.29, 0.717) is 27.3 Å². The van der Waals surface area contributed by atoms with Gasteiger partial charge in [-0.05, 0) is 46.6 Å². The first-order valence-corrected chi connectivity index (χ1v) is 6.92. The van der Waals surface area contributed by atoms with Crippen LogP contribution in [-0.2, 0) is 0 Å². The molecule has 0 saturated carbocycles. The molecule has 0 aliphatic carbocycles. The number of methoxy groups -OCH3 is 1. The highest BCUT2D eigenvalue weighted by Crippen LogP contribution is 2.27. The molecule has 0 saturated heterocycles. The van der Waals surface area contributed by atoms with Crippen LogP contribution in [0.25, 0.3) is 0 Å². The number of hydrazine groups is 1. The Kier molecular flexibility index (Phi) is 4.77. The van der Waals surface area contributed by atoms with Crippen LogP contribution in [0.1, 0.15) is 15.9 Å². The van der Waals surface area contributed by atoms with Gasteiger partial charge in [-0.2, -0.15) is 0 Å². The molecule has 0 spiro atoms. The third kappa shape index (κ3) is 3.50. The Morgan fingerprint density at radius 3 is 2.81 bits per heavy atom. The highest BCUT2D eigenvalue weighted by molar-refractivity contribution is 9.10. The number of hydrogen-bond acceptors (Lipinski definition) is 5. The smallest absolute Gasteiger partial charge is 0.259 e. The van der Waals surface area contributed by atoms with Crippen molar-refractivity contribution in [2.45, 2.75) is 6.92 Å². The third-order valence-corrected chi connectivity index (χ3v) is 3.27. The molecule has 1 aromatic heterocycles. The molecule has 7 heteroatoms. The van der Waals surface area contributed by atoms with E-state index in [0.717, 1.165) is 5.56 Å². The number of halogens is 1. The largest absolute Gasteiger partial charge is 0.495 e. The molecule has 0 fully saturated rings. The second kappa shape index (κ2) is 6.55. The number of carbonyl (C=O) groups is 1. The fourth-order valence-corrected chi connectivity index (χ4v) is 2.17. The normalized spacial score (nSPS) is 10.1. The molecule has 2 aromatic rings. The number of aryl methyl sites for hydroxylation is 1. The van der Waals surface area contributed by atoms with Gasteiger partial charge in [-0.25, -0.2) is 10.8 Å². The molecule has 110 valence electrons. The Labute approximate surface area is 130 Å². The fourth-order valence-electron chi connectivity index (χ4n) is 1.84. The summed E-state index contributed by atoms with van der Waals surface area (Å²) in [6.07, 6.45) is 1.55. The van der Waals surface area contributed by atoms with E-state index in [1.807, 2.05) is 19.1 Å². The van der Waals surface area contributed by atoms with Crippen LogP contribution in [0.5, 0.6) is 5.75 Å². The number of rotatable bonds is 4. The molecule has 1 amide bonds. The summed E-state index contributed by atoms with van der Waals surface area (Å²) in [7, 11) is 1.55. The molecule has 0 unspecified atom stereocenters. The monoisotopic (exact) mass is 350 g/mol. The van der Waals surface area contributed by atoms with Crippen molar-refractivity contribution >= 4 is 33.3 Å². The lowest BCUT2D eigenvalue weighted by molar-refractivity contribution is 0.102. The summed E-state index contributed by atoms with van der Waals surface area (Å²) in [4.78, 5) is 16.4. The number of pyridine rings is 1. The molecule has 0 radical (unpaired) electrons.